The van der Waals surface area contributed by atoms with Crippen molar-refractivity contribution in [1.29, 1.82) is 0 Å². The number of piperidine rings is 1. The summed E-state index contributed by atoms with van der Waals surface area (Å²) in [7, 11) is 0. The van der Waals surface area contributed by atoms with Crippen molar-refractivity contribution in [3.05, 3.63) is 58.8 Å². The van der Waals surface area contributed by atoms with Crippen LogP contribution in [0.15, 0.2) is 41.0 Å². The number of rotatable bonds is 5. The summed E-state index contributed by atoms with van der Waals surface area (Å²) >= 11 is 5.99. The van der Waals surface area contributed by atoms with Gasteiger partial charge in [0.25, 0.3) is 0 Å². The molecule has 1 aromatic carbocycles. The quantitative estimate of drug-likeness (QED) is 0.896. The molecule has 1 fully saturated rings. The zero-order valence-electron chi connectivity index (χ0n) is 13.3. The van der Waals surface area contributed by atoms with Gasteiger partial charge in [-0.25, -0.2) is 4.39 Å². The number of carbonyl (C=O) groups excluding carboxylic acids is 1. The van der Waals surface area contributed by atoms with Gasteiger partial charge < -0.3 is 9.73 Å². The van der Waals surface area contributed by atoms with E-state index in [4.69, 9.17) is 16.0 Å². The van der Waals surface area contributed by atoms with Crippen LogP contribution in [-0.2, 0) is 17.9 Å². The lowest BCUT2D eigenvalue weighted by molar-refractivity contribution is -0.127. The third-order valence-corrected chi connectivity index (χ3v) is 4.66. The summed E-state index contributed by atoms with van der Waals surface area (Å²) in [6.07, 6.45) is 3.52. The van der Waals surface area contributed by atoms with Gasteiger partial charge in [0.15, 0.2) is 0 Å². The van der Waals surface area contributed by atoms with Crippen LogP contribution in [0.5, 0.6) is 0 Å². The predicted molar refractivity (Wildman–Crippen MR) is 90.0 cm³/mol. The van der Waals surface area contributed by atoms with Crippen LogP contribution in [0.3, 0.4) is 0 Å². The molecule has 2 heterocycles. The molecule has 0 saturated carbocycles. The maximum atomic E-state index is 13.1. The lowest BCUT2D eigenvalue weighted by Gasteiger charge is -2.31. The predicted octanol–water partition coefficient (Wildman–Crippen LogP) is 3.60. The molecule has 1 N–H and O–H groups in total. The summed E-state index contributed by atoms with van der Waals surface area (Å²) in [6, 6.07) is 8.02. The lowest BCUT2D eigenvalue weighted by Crippen LogP contribution is -2.42. The van der Waals surface area contributed by atoms with E-state index in [1.807, 2.05) is 12.1 Å². The van der Waals surface area contributed by atoms with E-state index in [0.29, 0.717) is 18.1 Å². The van der Waals surface area contributed by atoms with Crippen molar-refractivity contribution in [2.24, 2.45) is 5.92 Å². The van der Waals surface area contributed by atoms with E-state index in [0.717, 1.165) is 37.3 Å². The molecule has 3 rings (SSSR count). The van der Waals surface area contributed by atoms with Gasteiger partial charge in [0, 0.05) is 18.1 Å². The molecule has 0 radical (unpaired) electrons. The number of halogens is 2. The molecule has 0 unspecified atom stereocenters. The normalized spacial score (nSPS) is 18.5. The van der Waals surface area contributed by atoms with Crippen LogP contribution in [0.2, 0.25) is 5.02 Å². The minimum Gasteiger partial charge on any atom is -0.468 e. The highest BCUT2D eigenvalue weighted by Crippen LogP contribution is 2.20. The molecular weight excluding hydrogens is 331 g/mol. The molecule has 2 aromatic rings. The Morgan fingerprint density at radius 1 is 1.42 bits per heavy atom. The van der Waals surface area contributed by atoms with Gasteiger partial charge in [-0.05, 0) is 49.2 Å². The SMILES string of the molecule is O=C(NCc1ccc(F)cc1Cl)[C@H]1CCCN(Cc2ccco2)C1. The van der Waals surface area contributed by atoms with Crippen molar-refractivity contribution in [1.82, 2.24) is 10.2 Å². The summed E-state index contributed by atoms with van der Waals surface area (Å²) in [5, 5.41) is 3.24. The van der Waals surface area contributed by atoms with Gasteiger partial charge in [-0.3, -0.25) is 9.69 Å². The molecule has 0 spiro atoms. The van der Waals surface area contributed by atoms with Crippen LogP contribution >= 0.6 is 11.6 Å². The van der Waals surface area contributed by atoms with Gasteiger partial charge in [0.2, 0.25) is 5.91 Å². The van der Waals surface area contributed by atoms with Crippen LogP contribution in [-0.4, -0.2) is 23.9 Å². The number of likely N-dealkylation sites (tertiary alicyclic amines) is 1. The molecule has 0 aliphatic carbocycles. The second-order valence-corrected chi connectivity index (χ2v) is 6.51. The monoisotopic (exact) mass is 350 g/mol. The Morgan fingerprint density at radius 2 is 2.29 bits per heavy atom. The topological polar surface area (TPSA) is 45.5 Å². The Balaban J connectivity index is 1.52. The van der Waals surface area contributed by atoms with Crippen molar-refractivity contribution in [2.45, 2.75) is 25.9 Å². The molecule has 24 heavy (non-hydrogen) atoms. The standard InChI is InChI=1S/C18H20ClFN2O2/c19-17-9-15(20)6-5-13(17)10-21-18(23)14-3-1-7-22(11-14)12-16-4-2-8-24-16/h2,4-6,8-9,14H,1,3,7,10-12H2,(H,21,23)/t14-/m0/s1. The zero-order chi connectivity index (χ0) is 16.9. The fourth-order valence-corrected chi connectivity index (χ4v) is 3.26. The Labute approximate surface area is 145 Å². The molecular formula is C18H20ClFN2O2. The van der Waals surface area contributed by atoms with Crippen LogP contribution in [0.4, 0.5) is 4.39 Å². The summed E-state index contributed by atoms with van der Waals surface area (Å²) in [5.74, 6) is 0.498. The van der Waals surface area contributed by atoms with E-state index >= 15 is 0 Å². The first-order valence-electron chi connectivity index (χ1n) is 8.08. The number of carbonyl (C=O) groups is 1. The fraction of sp³-hybridized carbons (Fsp3) is 0.389. The maximum absolute atomic E-state index is 13.1. The molecule has 1 aromatic heterocycles. The fourth-order valence-electron chi connectivity index (χ4n) is 3.03. The molecule has 6 heteroatoms. The van der Waals surface area contributed by atoms with Crippen LogP contribution in [0, 0.1) is 11.7 Å². The smallest absolute Gasteiger partial charge is 0.224 e. The summed E-state index contributed by atoms with van der Waals surface area (Å²) < 4.78 is 18.4. The highest BCUT2D eigenvalue weighted by atomic mass is 35.5. The minimum absolute atomic E-state index is 0.0135. The minimum atomic E-state index is -0.379. The van der Waals surface area contributed by atoms with Crippen LogP contribution in [0.25, 0.3) is 0 Å². The summed E-state index contributed by atoms with van der Waals surface area (Å²) in [4.78, 5) is 14.7. The second-order valence-electron chi connectivity index (χ2n) is 6.11. The van der Waals surface area contributed by atoms with E-state index in [1.165, 1.54) is 12.1 Å². The largest absolute Gasteiger partial charge is 0.468 e. The third kappa shape index (κ3) is 4.36. The second kappa shape index (κ2) is 7.81. The molecule has 1 saturated heterocycles. The molecule has 1 aliphatic heterocycles. The van der Waals surface area contributed by atoms with Gasteiger partial charge in [-0.15, -0.1) is 0 Å². The average Bonchev–Trinajstić information content (AvgIpc) is 3.07. The summed E-state index contributed by atoms with van der Waals surface area (Å²) in [6.45, 7) is 2.71. The first-order chi connectivity index (χ1) is 11.6. The average molecular weight is 351 g/mol. The van der Waals surface area contributed by atoms with Gasteiger partial charge in [-0.2, -0.15) is 0 Å². The maximum Gasteiger partial charge on any atom is 0.224 e. The number of hydrogen-bond acceptors (Lipinski definition) is 3. The van der Waals surface area contributed by atoms with Gasteiger partial charge in [0.05, 0.1) is 18.7 Å². The zero-order valence-corrected chi connectivity index (χ0v) is 14.1. The highest BCUT2D eigenvalue weighted by Gasteiger charge is 2.26. The number of hydrogen-bond donors (Lipinski definition) is 1. The molecule has 1 aliphatic rings. The van der Waals surface area contributed by atoms with E-state index in [1.54, 1.807) is 12.3 Å². The lowest BCUT2D eigenvalue weighted by atomic mass is 9.97. The first kappa shape index (κ1) is 17.0. The Bertz CT molecular complexity index is 690. The summed E-state index contributed by atoms with van der Waals surface area (Å²) in [5.41, 5.74) is 0.717. The first-order valence-corrected chi connectivity index (χ1v) is 8.46. The number of benzene rings is 1. The van der Waals surface area contributed by atoms with Gasteiger partial charge in [0.1, 0.15) is 11.6 Å². The van der Waals surface area contributed by atoms with Crippen molar-refractivity contribution in [3.63, 3.8) is 0 Å². The van der Waals surface area contributed by atoms with E-state index < -0.39 is 0 Å². The van der Waals surface area contributed by atoms with E-state index in [9.17, 15) is 9.18 Å². The number of nitrogens with zero attached hydrogens (tertiary/aromatic N) is 1. The highest BCUT2D eigenvalue weighted by molar-refractivity contribution is 6.31. The molecule has 1 atom stereocenters. The number of nitrogens with one attached hydrogen (secondary N) is 1. The van der Waals surface area contributed by atoms with Crippen molar-refractivity contribution < 1.29 is 13.6 Å². The number of furan rings is 1. The molecule has 1 amide bonds. The van der Waals surface area contributed by atoms with Gasteiger partial charge >= 0.3 is 0 Å². The van der Waals surface area contributed by atoms with Crippen molar-refractivity contribution in [3.8, 4) is 0 Å². The van der Waals surface area contributed by atoms with Crippen LogP contribution < -0.4 is 5.32 Å². The van der Waals surface area contributed by atoms with E-state index in [2.05, 4.69) is 10.2 Å². The Morgan fingerprint density at radius 3 is 3.04 bits per heavy atom. The number of amides is 1. The third-order valence-electron chi connectivity index (χ3n) is 4.30. The van der Waals surface area contributed by atoms with Crippen molar-refractivity contribution in [2.75, 3.05) is 13.1 Å². The Hall–Kier alpha value is -1.85. The molecule has 0 bridgehead atoms. The van der Waals surface area contributed by atoms with E-state index in [-0.39, 0.29) is 17.6 Å². The van der Waals surface area contributed by atoms with Crippen LogP contribution in [0.1, 0.15) is 24.2 Å². The van der Waals surface area contributed by atoms with Crippen molar-refractivity contribution >= 4 is 17.5 Å². The molecule has 128 valence electrons. The Kier molecular flexibility index (Phi) is 5.53. The molecule has 4 nitrogen and oxygen atoms in total. The van der Waals surface area contributed by atoms with Gasteiger partial charge in [-0.1, -0.05) is 17.7 Å².